The first-order valence-electron chi connectivity index (χ1n) is 6.95. The van der Waals surface area contributed by atoms with E-state index in [1.807, 2.05) is 12.1 Å². The lowest BCUT2D eigenvalue weighted by Gasteiger charge is -2.32. The molecule has 0 bridgehead atoms. The summed E-state index contributed by atoms with van der Waals surface area (Å²) in [5.41, 5.74) is 0. The van der Waals surface area contributed by atoms with Gasteiger partial charge in [-0.15, -0.1) is 0 Å². The molecule has 1 aromatic heterocycles. The molecule has 2 unspecified atom stereocenters. The van der Waals surface area contributed by atoms with Crippen molar-refractivity contribution >= 4 is 0 Å². The van der Waals surface area contributed by atoms with Gasteiger partial charge in [0.15, 0.2) is 0 Å². The van der Waals surface area contributed by atoms with Crippen LogP contribution in [0.1, 0.15) is 39.9 Å². The molecule has 1 N–H and O–H groups in total. The Morgan fingerprint density at radius 1 is 1.22 bits per heavy atom. The van der Waals surface area contributed by atoms with Crippen LogP contribution in [-0.2, 0) is 6.54 Å². The van der Waals surface area contributed by atoms with E-state index >= 15 is 0 Å². The van der Waals surface area contributed by atoms with E-state index in [1.54, 1.807) is 6.26 Å². The van der Waals surface area contributed by atoms with E-state index in [0.29, 0.717) is 12.1 Å². The minimum Gasteiger partial charge on any atom is -0.468 e. The minimum atomic E-state index is 0.536. The number of hydrogen-bond acceptors (Lipinski definition) is 3. The van der Waals surface area contributed by atoms with Crippen LogP contribution in [0.2, 0.25) is 0 Å². The van der Waals surface area contributed by atoms with Crippen molar-refractivity contribution in [3.8, 4) is 0 Å². The van der Waals surface area contributed by atoms with Gasteiger partial charge in [-0.1, -0.05) is 13.8 Å². The summed E-state index contributed by atoms with van der Waals surface area (Å²) in [6.45, 7) is 10.9. The van der Waals surface area contributed by atoms with Crippen LogP contribution in [0, 0.1) is 5.92 Å². The number of rotatable bonds is 8. The number of nitrogens with one attached hydrogen (secondary N) is 1. The van der Waals surface area contributed by atoms with Crippen LogP contribution in [0.25, 0.3) is 0 Å². The highest BCUT2D eigenvalue weighted by molar-refractivity contribution is 4.97. The lowest BCUT2D eigenvalue weighted by atomic mass is 10.0. The second kappa shape index (κ2) is 7.59. The lowest BCUT2D eigenvalue weighted by molar-refractivity contribution is 0.171. The summed E-state index contributed by atoms with van der Waals surface area (Å²) in [6, 6.07) is 5.10. The maximum absolute atomic E-state index is 5.30. The molecule has 3 heteroatoms. The Labute approximate surface area is 112 Å². The number of hydrogen-bond donors (Lipinski definition) is 1. The van der Waals surface area contributed by atoms with Gasteiger partial charge >= 0.3 is 0 Å². The summed E-state index contributed by atoms with van der Waals surface area (Å²) in [7, 11) is 2.21. The van der Waals surface area contributed by atoms with Crippen LogP contribution in [0.3, 0.4) is 0 Å². The van der Waals surface area contributed by atoms with Gasteiger partial charge in [0.2, 0.25) is 0 Å². The molecule has 0 aromatic carbocycles. The molecule has 18 heavy (non-hydrogen) atoms. The molecule has 0 aliphatic carbocycles. The van der Waals surface area contributed by atoms with E-state index in [4.69, 9.17) is 4.42 Å². The minimum absolute atomic E-state index is 0.536. The van der Waals surface area contributed by atoms with Gasteiger partial charge in [0.05, 0.1) is 12.8 Å². The third-order valence-corrected chi connectivity index (χ3v) is 3.52. The van der Waals surface area contributed by atoms with Gasteiger partial charge in [-0.25, -0.2) is 0 Å². The smallest absolute Gasteiger partial charge is 0.117 e. The average molecular weight is 252 g/mol. The molecular formula is C15H28N2O. The fourth-order valence-electron chi connectivity index (χ4n) is 2.24. The van der Waals surface area contributed by atoms with Gasteiger partial charge < -0.3 is 9.73 Å². The third kappa shape index (κ3) is 5.23. The molecular weight excluding hydrogens is 224 g/mol. The molecule has 1 aromatic rings. The van der Waals surface area contributed by atoms with Crippen molar-refractivity contribution in [2.45, 2.75) is 52.7 Å². The summed E-state index contributed by atoms with van der Waals surface area (Å²) >= 11 is 0. The van der Waals surface area contributed by atoms with Crippen molar-refractivity contribution < 1.29 is 4.42 Å². The molecule has 0 saturated carbocycles. The molecule has 0 saturated heterocycles. The fraction of sp³-hybridized carbons (Fsp3) is 0.733. The van der Waals surface area contributed by atoms with Gasteiger partial charge in [0.1, 0.15) is 5.76 Å². The fourth-order valence-corrected chi connectivity index (χ4v) is 2.24. The summed E-state index contributed by atoms with van der Waals surface area (Å²) < 4.78 is 5.30. The van der Waals surface area contributed by atoms with Crippen LogP contribution >= 0.6 is 0 Å². The standard InChI is InChI=1S/C15H28N2O/c1-12(2)9-13(3)17(5)14(4)10-16-11-15-7-6-8-18-15/h6-8,12-14,16H,9-11H2,1-5H3. The van der Waals surface area contributed by atoms with Crippen LogP contribution in [0.4, 0.5) is 0 Å². The molecule has 0 fully saturated rings. The van der Waals surface area contributed by atoms with Crippen molar-refractivity contribution in [1.29, 1.82) is 0 Å². The van der Waals surface area contributed by atoms with E-state index in [-0.39, 0.29) is 0 Å². The van der Waals surface area contributed by atoms with Crippen molar-refractivity contribution in [1.82, 2.24) is 10.2 Å². The SMILES string of the molecule is CC(C)CC(C)N(C)C(C)CNCc1ccco1. The van der Waals surface area contributed by atoms with Crippen LogP contribution in [0.15, 0.2) is 22.8 Å². The van der Waals surface area contributed by atoms with Crippen LogP contribution in [-0.4, -0.2) is 30.6 Å². The first-order valence-corrected chi connectivity index (χ1v) is 6.95. The molecule has 2 atom stereocenters. The zero-order valence-electron chi connectivity index (χ0n) is 12.4. The Morgan fingerprint density at radius 3 is 2.50 bits per heavy atom. The van der Waals surface area contributed by atoms with E-state index in [0.717, 1.165) is 24.8 Å². The Bertz CT molecular complexity index is 308. The second-order valence-corrected chi connectivity index (χ2v) is 5.70. The van der Waals surface area contributed by atoms with E-state index in [1.165, 1.54) is 6.42 Å². The number of furan rings is 1. The van der Waals surface area contributed by atoms with Crippen LogP contribution < -0.4 is 5.32 Å². The van der Waals surface area contributed by atoms with Crippen molar-refractivity contribution in [2.24, 2.45) is 5.92 Å². The third-order valence-electron chi connectivity index (χ3n) is 3.52. The topological polar surface area (TPSA) is 28.4 Å². The maximum Gasteiger partial charge on any atom is 0.117 e. The van der Waals surface area contributed by atoms with Crippen molar-refractivity contribution in [3.63, 3.8) is 0 Å². The predicted octanol–water partition coefficient (Wildman–Crippen LogP) is 3.12. The highest BCUT2D eigenvalue weighted by Gasteiger charge is 2.16. The molecule has 0 radical (unpaired) electrons. The predicted molar refractivity (Wildman–Crippen MR) is 76.6 cm³/mol. The molecule has 0 aliphatic rings. The quantitative estimate of drug-likeness (QED) is 0.770. The normalized spacial score (nSPS) is 15.3. The Morgan fingerprint density at radius 2 is 1.94 bits per heavy atom. The highest BCUT2D eigenvalue weighted by Crippen LogP contribution is 2.12. The summed E-state index contributed by atoms with van der Waals surface area (Å²) in [5.74, 6) is 1.76. The molecule has 3 nitrogen and oxygen atoms in total. The number of nitrogens with zero attached hydrogens (tertiary/aromatic N) is 1. The Kier molecular flexibility index (Phi) is 6.44. The molecule has 0 amide bonds. The molecule has 104 valence electrons. The molecule has 1 heterocycles. The van der Waals surface area contributed by atoms with Gasteiger partial charge in [-0.3, -0.25) is 4.90 Å². The summed E-state index contributed by atoms with van der Waals surface area (Å²) in [4.78, 5) is 2.45. The van der Waals surface area contributed by atoms with Crippen molar-refractivity contribution in [2.75, 3.05) is 13.6 Å². The second-order valence-electron chi connectivity index (χ2n) is 5.70. The lowest BCUT2D eigenvalue weighted by Crippen LogP contribution is -2.43. The van der Waals surface area contributed by atoms with Gasteiger partial charge in [0, 0.05) is 18.6 Å². The summed E-state index contributed by atoms with van der Waals surface area (Å²) in [6.07, 6.45) is 2.97. The largest absolute Gasteiger partial charge is 0.468 e. The van der Waals surface area contributed by atoms with E-state index < -0.39 is 0 Å². The van der Waals surface area contributed by atoms with Gasteiger partial charge in [-0.05, 0) is 45.4 Å². The van der Waals surface area contributed by atoms with E-state index in [2.05, 4.69) is 45.0 Å². The average Bonchev–Trinajstić information content (AvgIpc) is 2.79. The van der Waals surface area contributed by atoms with Gasteiger partial charge in [0.25, 0.3) is 0 Å². The molecule has 0 spiro atoms. The van der Waals surface area contributed by atoms with Gasteiger partial charge in [-0.2, -0.15) is 0 Å². The Balaban J connectivity index is 2.24. The van der Waals surface area contributed by atoms with Crippen molar-refractivity contribution in [3.05, 3.63) is 24.2 Å². The summed E-state index contributed by atoms with van der Waals surface area (Å²) in [5, 5.41) is 3.44. The highest BCUT2D eigenvalue weighted by atomic mass is 16.3. The molecule has 0 aliphatic heterocycles. The monoisotopic (exact) mass is 252 g/mol. The molecule has 1 rings (SSSR count). The zero-order chi connectivity index (χ0) is 13.5. The zero-order valence-corrected chi connectivity index (χ0v) is 12.4. The number of likely N-dealkylation sites (N-methyl/N-ethyl adjacent to an activating group) is 1. The van der Waals surface area contributed by atoms with Crippen LogP contribution in [0.5, 0.6) is 0 Å². The Hall–Kier alpha value is -0.800. The van der Waals surface area contributed by atoms with E-state index in [9.17, 15) is 0 Å². The first-order chi connectivity index (χ1) is 8.50. The first kappa shape index (κ1) is 15.3. The maximum atomic E-state index is 5.30.